The molecule has 1 amide bonds. The van der Waals surface area contributed by atoms with Crippen molar-refractivity contribution in [3.63, 3.8) is 0 Å². The van der Waals surface area contributed by atoms with E-state index in [2.05, 4.69) is 42.2 Å². The largest absolute Gasteiger partial charge is 0.488 e. The quantitative estimate of drug-likeness (QED) is 0.615. The summed E-state index contributed by atoms with van der Waals surface area (Å²) >= 11 is 0. The average Bonchev–Trinajstić information content (AvgIpc) is 3.29. The summed E-state index contributed by atoms with van der Waals surface area (Å²) in [4.78, 5) is 19.2. The molecule has 0 aliphatic carbocycles. The number of likely N-dealkylation sites (tertiary alicyclic amines) is 1. The lowest BCUT2D eigenvalue weighted by Gasteiger charge is -2.28. The predicted molar refractivity (Wildman–Crippen MR) is 121 cm³/mol. The van der Waals surface area contributed by atoms with Crippen LogP contribution in [-0.4, -0.2) is 47.7 Å². The van der Waals surface area contributed by atoms with Gasteiger partial charge in [0.05, 0.1) is 12.1 Å². The summed E-state index contributed by atoms with van der Waals surface area (Å²) in [6, 6.07) is 16.5. The van der Waals surface area contributed by atoms with Crippen LogP contribution in [-0.2, 0) is 9.53 Å². The minimum absolute atomic E-state index is 0.0869. The maximum atomic E-state index is 12.7. The van der Waals surface area contributed by atoms with Crippen LogP contribution in [0.2, 0.25) is 0 Å². The van der Waals surface area contributed by atoms with Crippen LogP contribution < -0.4 is 4.74 Å². The van der Waals surface area contributed by atoms with Gasteiger partial charge in [0, 0.05) is 31.1 Å². The predicted octanol–water partition coefficient (Wildman–Crippen LogP) is 4.76. The molecular formula is C26H28N2O3. The fourth-order valence-corrected chi connectivity index (χ4v) is 4.68. The van der Waals surface area contributed by atoms with E-state index in [1.807, 2.05) is 29.3 Å². The van der Waals surface area contributed by atoms with Crippen molar-refractivity contribution in [3.05, 3.63) is 60.3 Å². The molecule has 3 heterocycles. The van der Waals surface area contributed by atoms with Crippen molar-refractivity contribution < 1.29 is 14.3 Å². The average molecular weight is 417 g/mol. The molecule has 0 N–H and O–H groups in total. The van der Waals surface area contributed by atoms with Gasteiger partial charge in [-0.05, 0) is 61.1 Å². The first-order valence-electron chi connectivity index (χ1n) is 11.2. The number of ether oxygens (including phenoxy) is 2. The van der Waals surface area contributed by atoms with Crippen LogP contribution in [0, 0.1) is 6.92 Å². The number of nitrogens with zero attached hydrogens (tertiary/aromatic N) is 2. The summed E-state index contributed by atoms with van der Waals surface area (Å²) in [6.07, 6.45) is 5.41. The van der Waals surface area contributed by atoms with E-state index in [0.29, 0.717) is 13.0 Å². The van der Waals surface area contributed by atoms with E-state index >= 15 is 0 Å². The van der Waals surface area contributed by atoms with Crippen molar-refractivity contribution in [1.29, 1.82) is 0 Å². The zero-order valence-electron chi connectivity index (χ0n) is 17.9. The first kappa shape index (κ1) is 20.0. The summed E-state index contributed by atoms with van der Waals surface area (Å²) in [7, 11) is 0. The molecule has 0 saturated carbocycles. The van der Waals surface area contributed by atoms with Gasteiger partial charge >= 0.3 is 0 Å². The van der Waals surface area contributed by atoms with Crippen LogP contribution in [0.5, 0.6) is 5.75 Å². The van der Waals surface area contributed by atoms with Crippen molar-refractivity contribution in [2.24, 2.45) is 0 Å². The monoisotopic (exact) mass is 416 g/mol. The Balaban J connectivity index is 1.24. The number of fused-ring (bicyclic) bond motifs is 1. The lowest BCUT2D eigenvalue weighted by atomic mass is 9.98. The number of aromatic nitrogens is 1. The molecule has 3 aromatic rings. The summed E-state index contributed by atoms with van der Waals surface area (Å²) in [5, 5.41) is 1.15. The molecule has 5 heteroatoms. The highest BCUT2D eigenvalue weighted by Gasteiger charge is 2.35. The van der Waals surface area contributed by atoms with Crippen LogP contribution in [0.1, 0.15) is 31.2 Å². The number of carbonyl (C=O) groups excluding carboxylic acids is 1. The van der Waals surface area contributed by atoms with E-state index in [4.69, 9.17) is 9.47 Å². The molecule has 5 nitrogen and oxygen atoms in total. The normalized spacial score (nSPS) is 21.4. The van der Waals surface area contributed by atoms with Crippen LogP contribution in [0.4, 0.5) is 0 Å². The second-order valence-electron chi connectivity index (χ2n) is 8.52. The Bertz CT molecular complexity index is 1070. The highest BCUT2D eigenvalue weighted by molar-refractivity contribution is 5.88. The Morgan fingerprint density at radius 1 is 1.06 bits per heavy atom. The summed E-state index contributed by atoms with van der Waals surface area (Å²) in [5.74, 6) is 0.932. The lowest BCUT2D eigenvalue weighted by molar-refractivity contribution is -0.141. The zero-order valence-corrected chi connectivity index (χ0v) is 17.9. The molecule has 1 aromatic heterocycles. The molecule has 5 rings (SSSR count). The third-order valence-corrected chi connectivity index (χ3v) is 6.40. The number of hydrogen-bond acceptors (Lipinski definition) is 4. The van der Waals surface area contributed by atoms with Crippen LogP contribution in [0.15, 0.2) is 54.7 Å². The smallest absolute Gasteiger partial charge is 0.251 e. The molecule has 0 bridgehead atoms. The Morgan fingerprint density at radius 3 is 2.68 bits per heavy atom. The van der Waals surface area contributed by atoms with E-state index in [1.165, 1.54) is 17.5 Å². The van der Waals surface area contributed by atoms with Crippen molar-refractivity contribution in [3.8, 4) is 16.9 Å². The topological polar surface area (TPSA) is 51.7 Å². The number of piperidine rings is 1. The third kappa shape index (κ3) is 4.15. The molecule has 2 aliphatic rings. The fraction of sp³-hybridized carbons (Fsp3) is 0.385. The van der Waals surface area contributed by atoms with Crippen LogP contribution in [0.3, 0.4) is 0 Å². The number of pyridine rings is 1. The minimum atomic E-state index is -0.366. The molecule has 2 saturated heterocycles. The van der Waals surface area contributed by atoms with Gasteiger partial charge in [0.25, 0.3) is 5.91 Å². The van der Waals surface area contributed by atoms with Gasteiger partial charge in [-0.25, -0.2) is 0 Å². The Morgan fingerprint density at radius 2 is 1.87 bits per heavy atom. The maximum absolute atomic E-state index is 12.7. The van der Waals surface area contributed by atoms with Gasteiger partial charge in [-0.1, -0.05) is 30.3 Å². The number of aryl methyl sites for hydroxylation is 1. The molecular weight excluding hydrogens is 388 g/mol. The summed E-state index contributed by atoms with van der Waals surface area (Å²) in [6.45, 7) is 4.29. The number of hydrogen-bond donors (Lipinski definition) is 0. The molecule has 2 aliphatic heterocycles. The van der Waals surface area contributed by atoms with Gasteiger partial charge in [-0.3, -0.25) is 9.78 Å². The minimum Gasteiger partial charge on any atom is -0.488 e. The molecule has 0 spiro atoms. The van der Waals surface area contributed by atoms with Crippen molar-refractivity contribution in [2.45, 2.75) is 44.8 Å². The number of rotatable bonds is 4. The van der Waals surface area contributed by atoms with Gasteiger partial charge in [-0.15, -0.1) is 0 Å². The number of amides is 1. The summed E-state index contributed by atoms with van der Waals surface area (Å²) in [5.41, 5.74) is 4.52. The Labute approximate surface area is 183 Å². The van der Waals surface area contributed by atoms with Crippen molar-refractivity contribution in [2.75, 3.05) is 19.7 Å². The first-order chi connectivity index (χ1) is 15.2. The highest BCUT2D eigenvalue weighted by Crippen LogP contribution is 2.30. The Kier molecular flexibility index (Phi) is 5.60. The molecule has 2 fully saturated rings. The number of carbonyl (C=O) groups is 1. The molecule has 160 valence electrons. The standard InChI is InChI=1S/C26H28N2O3/c1-18-23(12-9-20-6-5-13-27-25(18)20)19-7-10-21(11-8-19)31-22-16-24(30-17-22)26(29)28-14-3-2-4-15-28/h5-13,22,24H,2-4,14-17H2,1H3. The van der Waals surface area contributed by atoms with Gasteiger partial charge in [0.2, 0.25) is 0 Å². The van der Waals surface area contributed by atoms with E-state index in [9.17, 15) is 4.79 Å². The molecule has 31 heavy (non-hydrogen) atoms. The van der Waals surface area contributed by atoms with Crippen LogP contribution in [0.25, 0.3) is 22.0 Å². The molecule has 2 aromatic carbocycles. The van der Waals surface area contributed by atoms with Crippen molar-refractivity contribution in [1.82, 2.24) is 9.88 Å². The lowest BCUT2D eigenvalue weighted by Crippen LogP contribution is -2.42. The number of benzene rings is 2. The molecule has 0 radical (unpaired) electrons. The third-order valence-electron chi connectivity index (χ3n) is 6.40. The van der Waals surface area contributed by atoms with Crippen LogP contribution >= 0.6 is 0 Å². The van der Waals surface area contributed by atoms with Gasteiger partial charge in [0.15, 0.2) is 0 Å². The van der Waals surface area contributed by atoms with Gasteiger partial charge in [0.1, 0.15) is 18.0 Å². The molecule has 2 atom stereocenters. The zero-order chi connectivity index (χ0) is 21.2. The van der Waals surface area contributed by atoms with Gasteiger partial charge in [-0.2, -0.15) is 0 Å². The van der Waals surface area contributed by atoms with E-state index in [1.54, 1.807) is 0 Å². The van der Waals surface area contributed by atoms with Gasteiger partial charge < -0.3 is 14.4 Å². The van der Waals surface area contributed by atoms with E-state index in [-0.39, 0.29) is 18.1 Å². The SMILES string of the molecule is Cc1c(-c2ccc(OC3COC(C(=O)N4CCCCC4)C3)cc2)ccc2cccnc12. The second-order valence-corrected chi connectivity index (χ2v) is 8.52. The maximum Gasteiger partial charge on any atom is 0.251 e. The Hall–Kier alpha value is -2.92. The molecule has 2 unspecified atom stereocenters. The first-order valence-corrected chi connectivity index (χ1v) is 11.2. The van der Waals surface area contributed by atoms with E-state index in [0.717, 1.165) is 48.1 Å². The summed E-state index contributed by atoms with van der Waals surface area (Å²) < 4.78 is 11.9. The van der Waals surface area contributed by atoms with Crippen molar-refractivity contribution >= 4 is 16.8 Å². The highest BCUT2D eigenvalue weighted by atomic mass is 16.6. The van der Waals surface area contributed by atoms with E-state index < -0.39 is 0 Å². The second kappa shape index (κ2) is 8.67. The fourth-order valence-electron chi connectivity index (χ4n) is 4.68.